The van der Waals surface area contributed by atoms with Gasteiger partial charge in [-0.3, -0.25) is 4.79 Å². The zero-order valence-electron chi connectivity index (χ0n) is 14.1. The van der Waals surface area contributed by atoms with Gasteiger partial charge in [0, 0.05) is 12.1 Å². The van der Waals surface area contributed by atoms with Crippen molar-refractivity contribution in [3.05, 3.63) is 59.9 Å². The van der Waals surface area contributed by atoms with Crippen molar-refractivity contribution in [2.45, 2.75) is 25.2 Å². The Bertz CT molecular complexity index is 834. The third-order valence-electron chi connectivity index (χ3n) is 3.56. The Morgan fingerprint density at radius 3 is 2.32 bits per heavy atom. The van der Waals surface area contributed by atoms with Crippen LogP contribution in [-0.4, -0.2) is 20.9 Å². The van der Waals surface area contributed by atoms with E-state index in [4.69, 9.17) is 0 Å². The van der Waals surface area contributed by atoms with Crippen LogP contribution in [0, 0.1) is 11.7 Å². The minimum Gasteiger partial charge on any atom is -0.319 e. The lowest BCUT2D eigenvalue weighted by atomic mass is 10.1. The van der Waals surface area contributed by atoms with Crippen LogP contribution in [0.25, 0.3) is 0 Å². The fraction of sp³-hybridized carbons (Fsp3) is 0.278. The van der Waals surface area contributed by atoms with Crippen LogP contribution in [0.1, 0.15) is 30.6 Å². The normalized spacial score (nSPS) is 11.5. The first-order valence-electron chi connectivity index (χ1n) is 7.95. The lowest BCUT2D eigenvalue weighted by molar-refractivity contribution is 0.102. The van der Waals surface area contributed by atoms with Crippen molar-refractivity contribution in [3.8, 4) is 0 Å². The quantitative estimate of drug-likeness (QED) is 0.791. The van der Waals surface area contributed by atoms with Gasteiger partial charge in [-0.2, -0.15) is 0 Å². The summed E-state index contributed by atoms with van der Waals surface area (Å²) >= 11 is 0. The second-order valence-corrected chi connectivity index (χ2v) is 7.81. The number of carbonyl (C=O) groups is 1. The second kappa shape index (κ2) is 8.22. The summed E-state index contributed by atoms with van der Waals surface area (Å²) in [7, 11) is -3.61. The van der Waals surface area contributed by atoms with Crippen molar-refractivity contribution in [3.63, 3.8) is 0 Å². The molecule has 2 aromatic rings. The van der Waals surface area contributed by atoms with Crippen molar-refractivity contribution >= 4 is 21.6 Å². The molecule has 2 rings (SSSR count). The van der Waals surface area contributed by atoms with E-state index in [2.05, 4.69) is 10.0 Å². The Hall–Kier alpha value is -2.25. The summed E-state index contributed by atoms with van der Waals surface area (Å²) in [5, 5.41) is 2.45. The number of hydrogen-bond donors (Lipinski definition) is 2. The number of benzene rings is 2. The van der Waals surface area contributed by atoms with E-state index in [9.17, 15) is 17.6 Å². The Kier molecular flexibility index (Phi) is 6.27. The molecule has 0 saturated carbocycles. The summed E-state index contributed by atoms with van der Waals surface area (Å²) in [6.45, 7) is 4.38. The minimum atomic E-state index is -3.61. The highest BCUT2D eigenvalue weighted by Gasteiger charge is 2.15. The Morgan fingerprint density at radius 1 is 1.08 bits per heavy atom. The zero-order chi connectivity index (χ0) is 18.4. The highest BCUT2D eigenvalue weighted by molar-refractivity contribution is 7.89. The molecule has 0 spiro atoms. The lowest BCUT2D eigenvalue weighted by Gasteiger charge is -2.09. The predicted octanol–water partition coefficient (Wildman–Crippen LogP) is 3.40. The summed E-state index contributed by atoms with van der Waals surface area (Å²) in [6, 6.07) is 11.3. The molecule has 1 amide bonds. The number of anilines is 1. The number of nitrogens with one attached hydrogen (secondary N) is 2. The van der Waals surface area contributed by atoms with Crippen LogP contribution in [-0.2, 0) is 10.0 Å². The van der Waals surface area contributed by atoms with Gasteiger partial charge in [0.15, 0.2) is 0 Å². The molecule has 7 heteroatoms. The van der Waals surface area contributed by atoms with Crippen LogP contribution in [0.4, 0.5) is 10.1 Å². The van der Waals surface area contributed by atoms with Crippen molar-refractivity contribution in [2.24, 2.45) is 5.92 Å². The smallest absolute Gasteiger partial charge is 0.255 e. The highest BCUT2D eigenvalue weighted by Crippen LogP contribution is 2.16. The summed E-state index contributed by atoms with van der Waals surface area (Å²) in [5.41, 5.74) is 0.309. The first-order chi connectivity index (χ1) is 11.8. The van der Waals surface area contributed by atoms with E-state index >= 15 is 0 Å². The van der Waals surface area contributed by atoms with Crippen LogP contribution < -0.4 is 10.0 Å². The van der Waals surface area contributed by atoms with E-state index < -0.39 is 21.7 Å². The molecule has 0 unspecified atom stereocenters. The average Bonchev–Trinajstić information content (AvgIpc) is 2.56. The molecule has 0 heterocycles. The van der Waals surface area contributed by atoms with Gasteiger partial charge in [-0.05, 0) is 48.7 Å². The van der Waals surface area contributed by atoms with Crippen molar-refractivity contribution in [1.29, 1.82) is 0 Å². The lowest BCUT2D eigenvalue weighted by Crippen LogP contribution is -2.25. The van der Waals surface area contributed by atoms with Crippen molar-refractivity contribution < 1.29 is 17.6 Å². The predicted molar refractivity (Wildman–Crippen MR) is 95.4 cm³/mol. The molecule has 0 radical (unpaired) electrons. The SMILES string of the molecule is CC(C)CCNS(=O)(=O)c1ccc(C(=O)Nc2ccccc2F)cc1. The topological polar surface area (TPSA) is 75.3 Å². The van der Waals surface area contributed by atoms with Gasteiger partial charge >= 0.3 is 0 Å². The van der Waals surface area contributed by atoms with E-state index in [-0.39, 0.29) is 16.1 Å². The number of rotatable bonds is 7. The van der Waals surface area contributed by atoms with E-state index in [1.54, 1.807) is 6.07 Å². The number of amides is 1. The third kappa shape index (κ3) is 5.37. The van der Waals surface area contributed by atoms with E-state index in [0.29, 0.717) is 12.5 Å². The number of para-hydroxylation sites is 1. The summed E-state index contributed by atoms with van der Waals surface area (Å²) in [6.07, 6.45) is 0.738. The molecule has 0 aliphatic carbocycles. The third-order valence-corrected chi connectivity index (χ3v) is 5.04. The minimum absolute atomic E-state index is 0.0690. The first-order valence-corrected chi connectivity index (χ1v) is 9.43. The molecule has 134 valence electrons. The maximum absolute atomic E-state index is 13.6. The molecule has 0 aliphatic heterocycles. The van der Waals surface area contributed by atoms with Crippen LogP contribution >= 0.6 is 0 Å². The standard InChI is InChI=1S/C18H21FN2O3S/c1-13(2)11-12-20-25(23,24)15-9-7-14(8-10-15)18(22)21-17-6-4-3-5-16(17)19/h3-10,13,20H,11-12H2,1-2H3,(H,21,22). The number of carbonyl (C=O) groups excluding carboxylic acids is 1. The van der Waals surface area contributed by atoms with Crippen LogP contribution in [0.2, 0.25) is 0 Å². The summed E-state index contributed by atoms with van der Waals surface area (Å²) in [4.78, 5) is 12.2. The largest absolute Gasteiger partial charge is 0.319 e. The Labute approximate surface area is 147 Å². The number of halogens is 1. The molecule has 0 aliphatic rings. The maximum atomic E-state index is 13.6. The van der Waals surface area contributed by atoms with Gasteiger partial charge < -0.3 is 5.32 Å². The molecular weight excluding hydrogens is 343 g/mol. The molecule has 2 aromatic carbocycles. The monoisotopic (exact) mass is 364 g/mol. The van der Waals surface area contributed by atoms with E-state index in [1.165, 1.54) is 42.5 Å². The fourth-order valence-corrected chi connectivity index (χ4v) is 3.16. The summed E-state index contributed by atoms with van der Waals surface area (Å²) in [5.74, 6) is -0.654. The maximum Gasteiger partial charge on any atom is 0.255 e. The second-order valence-electron chi connectivity index (χ2n) is 6.04. The molecule has 5 nitrogen and oxygen atoms in total. The van der Waals surface area contributed by atoms with Crippen molar-refractivity contribution in [2.75, 3.05) is 11.9 Å². The molecular formula is C18H21FN2O3S. The van der Waals surface area contributed by atoms with Crippen LogP contribution in [0.15, 0.2) is 53.4 Å². The molecule has 2 N–H and O–H groups in total. The zero-order valence-corrected chi connectivity index (χ0v) is 14.9. The van der Waals surface area contributed by atoms with Gasteiger partial charge in [-0.1, -0.05) is 26.0 Å². The first kappa shape index (κ1) is 19.1. The molecule has 25 heavy (non-hydrogen) atoms. The van der Waals surface area contributed by atoms with Gasteiger partial charge in [-0.25, -0.2) is 17.5 Å². The van der Waals surface area contributed by atoms with Gasteiger partial charge in [0.25, 0.3) is 5.91 Å². The van der Waals surface area contributed by atoms with E-state index in [1.807, 2.05) is 13.8 Å². The molecule has 0 atom stereocenters. The Morgan fingerprint density at radius 2 is 1.72 bits per heavy atom. The van der Waals surface area contributed by atoms with Gasteiger partial charge in [0.1, 0.15) is 5.82 Å². The molecule has 0 fully saturated rings. The fourth-order valence-electron chi connectivity index (χ4n) is 2.11. The average molecular weight is 364 g/mol. The highest BCUT2D eigenvalue weighted by atomic mass is 32.2. The van der Waals surface area contributed by atoms with Gasteiger partial charge in [0.2, 0.25) is 10.0 Å². The molecule has 0 saturated heterocycles. The van der Waals surface area contributed by atoms with Crippen LogP contribution in [0.5, 0.6) is 0 Å². The molecule has 0 aromatic heterocycles. The number of sulfonamides is 1. The number of hydrogen-bond acceptors (Lipinski definition) is 3. The van der Waals surface area contributed by atoms with Gasteiger partial charge in [-0.15, -0.1) is 0 Å². The van der Waals surface area contributed by atoms with Gasteiger partial charge in [0.05, 0.1) is 10.6 Å². The van der Waals surface area contributed by atoms with Crippen molar-refractivity contribution in [1.82, 2.24) is 4.72 Å². The van der Waals surface area contributed by atoms with E-state index in [0.717, 1.165) is 6.42 Å². The van der Waals surface area contributed by atoms with Crippen LogP contribution in [0.3, 0.4) is 0 Å². The molecule has 0 bridgehead atoms. The summed E-state index contributed by atoms with van der Waals surface area (Å²) < 4.78 is 40.4. The Balaban J connectivity index is 2.06.